The number of nitrogen functional groups attached to an aromatic ring is 2. The Bertz CT molecular complexity index is 986. The molecule has 3 aromatic rings. The molecule has 1 atom stereocenters. The predicted octanol–water partition coefficient (Wildman–Crippen LogP) is 3.16. The topological polar surface area (TPSA) is 92.6 Å². The van der Waals surface area contributed by atoms with Gasteiger partial charge in [0.25, 0.3) is 5.91 Å². The quantitative estimate of drug-likeness (QED) is 0.636. The fourth-order valence-corrected chi connectivity index (χ4v) is 3.38. The van der Waals surface area contributed by atoms with E-state index in [1.165, 1.54) is 4.90 Å². The number of amides is 1. The van der Waals surface area contributed by atoms with Gasteiger partial charge in [0.05, 0.1) is 11.4 Å². The first-order valence-electron chi connectivity index (χ1n) is 8.37. The van der Waals surface area contributed by atoms with Gasteiger partial charge in [0.2, 0.25) is 0 Å². The average molecular weight is 345 g/mol. The number of benzene rings is 3. The maximum atomic E-state index is 12.8. The van der Waals surface area contributed by atoms with Crippen molar-refractivity contribution in [2.75, 3.05) is 11.5 Å². The van der Waals surface area contributed by atoms with Gasteiger partial charge < -0.3 is 21.5 Å². The third-order valence-corrected chi connectivity index (χ3v) is 4.74. The Kier molecular flexibility index (Phi) is 3.86. The molecule has 0 bridgehead atoms. The molecule has 5 heteroatoms. The molecule has 26 heavy (non-hydrogen) atoms. The van der Waals surface area contributed by atoms with Gasteiger partial charge in [0, 0.05) is 17.7 Å². The Labute approximate surface area is 151 Å². The van der Waals surface area contributed by atoms with Gasteiger partial charge in [-0.3, -0.25) is 4.79 Å². The number of aliphatic hydroxyl groups excluding tert-OH is 1. The highest BCUT2D eigenvalue weighted by Crippen LogP contribution is 2.40. The van der Waals surface area contributed by atoms with Gasteiger partial charge in [-0.15, -0.1) is 0 Å². The monoisotopic (exact) mass is 345 g/mol. The molecule has 0 spiro atoms. The van der Waals surface area contributed by atoms with Crippen LogP contribution in [0.4, 0.5) is 11.4 Å². The number of carbonyl (C=O) groups excluding carboxylic acids is 1. The Morgan fingerprint density at radius 3 is 2.35 bits per heavy atom. The number of aliphatic hydroxyl groups is 1. The molecule has 0 saturated heterocycles. The second-order valence-electron chi connectivity index (χ2n) is 6.40. The van der Waals surface area contributed by atoms with E-state index in [2.05, 4.69) is 0 Å². The molecule has 0 aromatic heterocycles. The second kappa shape index (κ2) is 6.20. The lowest BCUT2D eigenvalue weighted by atomic mass is 9.95. The predicted molar refractivity (Wildman–Crippen MR) is 102 cm³/mol. The lowest BCUT2D eigenvalue weighted by Gasteiger charge is -2.22. The number of nitrogens with zero attached hydrogens (tertiary/aromatic N) is 1. The smallest absolute Gasteiger partial charge is 0.256 e. The Morgan fingerprint density at radius 1 is 0.885 bits per heavy atom. The van der Waals surface area contributed by atoms with Crippen molar-refractivity contribution in [2.24, 2.45) is 0 Å². The number of anilines is 2. The molecule has 0 radical (unpaired) electrons. The number of rotatable bonds is 3. The van der Waals surface area contributed by atoms with Gasteiger partial charge in [0.15, 0.2) is 6.23 Å². The van der Waals surface area contributed by atoms with Crippen LogP contribution in [0.25, 0.3) is 11.1 Å². The summed E-state index contributed by atoms with van der Waals surface area (Å²) in [4.78, 5) is 14.3. The van der Waals surface area contributed by atoms with E-state index in [9.17, 15) is 9.90 Å². The highest BCUT2D eigenvalue weighted by atomic mass is 16.3. The standard InChI is InChI=1S/C21H19N3O2/c22-17-10-9-14(11-18(17)23)15-7-4-8-16-19(15)21(26)24(20(16)25)12-13-5-2-1-3-6-13/h1-11,21,26H,12,22-23H2. The molecule has 1 heterocycles. The molecule has 0 saturated carbocycles. The normalized spacial score (nSPS) is 16.0. The second-order valence-corrected chi connectivity index (χ2v) is 6.40. The highest BCUT2D eigenvalue weighted by molar-refractivity contribution is 6.01. The SMILES string of the molecule is Nc1ccc(-c2cccc3c2C(O)N(Cc2ccccc2)C3=O)cc1N. The van der Waals surface area contributed by atoms with Crippen LogP contribution in [0.3, 0.4) is 0 Å². The largest absolute Gasteiger partial charge is 0.397 e. The van der Waals surface area contributed by atoms with E-state index < -0.39 is 6.23 Å². The van der Waals surface area contributed by atoms with Crippen molar-refractivity contribution in [3.8, 4) is 11.1 Å². The van der Waals surface area contributed by atoms with Gasteiger partial charge >= 0.3 is 0 Å². The van der Waals surface area contributed by atoms with E-state index in [-0.39, 0.29) is 5.91 Å². The summed E-state index contributed by atoms with van der Waals surface area (Å²) >= 11 is 0. The Morgan fingerprint density at radius 2 is 1.62 bits per heavy atom. The average Bonchev–Trinajstić information content (AvgIpc) is 2.90. The number of hydrogen-bond donors (Lipinski definition) is 3. The molecule has 5 nitrogen and oxygen atoms in total. The summed E-state index contributed by atoms with van der Waals surface area (Å²) in [6.07, 6.45) is -1.01. The van der Waals surface area contributed by atoms with Gasteiger partial charge in [-0.05, 0) is 34.9 Å². The molecule has 1 unspecified atom stereocenters. The van der Waals surface area contributed by atoms with Crippen molar-refractivity contribution in [3.63, 3.8) is 0 Å². The van der Waals surface area contributed by atoms with Crippen molar-refractivity contribution in [1.82, 2.24) is 4.90 Å². The van der Waals surface area contributed by atoms with Crippen molar-refractivity contribution < 1.29 is 9.90 Å². The van der Waals surface area contributed by atoms with E-state index in [1.807, 2.05) is 48.5 Å². The van der Waals surface area contributed by atoms with E-state index >= 15 is 0 Å². The van der Waals surface area contributed by atoms with Gasteiger partial charge in [-0.25, -0.2) is 0 Å². The summed E-state index contributed by atoms with van der Waals surface area (Å²) in [5.74, 6) is -0.179. The fourth-order valence-electron chi connectivity index (χ4n) is 3.38. The van der Waals surface area contributed by atoms with Crippen LogP contribution in [0.5, 0.6) is 0 Å². The molecule has 130 valence electrons. The summed E-state index contributed by atoms with van der Waals surface area (Å²) in [7, 11) is 0. The van der Waals surface area contributed by atoms with Gasteiger partial charge in [-0.2, -0.15) is 0 Å². The van der Waals surface area contributed by atoms with E-state index in [0.717, 1.165) is 16.7 Å². The van der Waals surface area contributed by atoms with Gasteiger partial charge in [-0.1, -0.05) is 48.5 Å². The van der Waals surface area contributed by atoms with Crippen LogP contribution in [-0.4, -0.2) is 15.9 Å². The van der Waals surface area contributed by atoms with E-state index in [4.69, 9.17) is 11.5 Å². The minimum Gasteiger partial charge on any atom is -0.397 e. The summed E-state index contributed by atoms with van der Waals surface area (Å²) in [6.45, 7) is 0.346. The summed E-state index contributed by atoms with van der Waals surface area (Å²) in [5, 5.41) is 10.9. The first-order valence-corrected chi connectivity index (χ1v) is 8.37. The van der Waals surface area contributed by atoms with Crippen LogP contribution >= 0.6 is 0 Å². The molecule has 0 aliphatic carbocycles. The van der Waals surface area contributed by atoms with E-state index in [1.54, 1.807) is 18.2 Å². The lowest BCUT2D eigenvalue weighted by molar-refractivity contribution is 0.0140. The zero-order valence-electron chi connectivity index (χ0n) is 14.1. The molecule has 3 aromatic carbocycles. The maximum absolute atomic E-state index is 12.8. The lowest BCUT2D eigenvalue weighted by Crippen LogP contribution is -2.27. The van der Waals surface area contributed by atoms with Crippen LogP contribution < -0.4 is 11.5 Å². The third kappa shape index (κ3) is 2.59. The minimum absolute atomic E-state index is 0.179. The van der Waals surface area contributed by atoms with Gasteiger partial charge in [0.1, 0.15) is 0 Å². The Balaban J connectivity index is 1.76. The number of hydrogen-bond acceptors (Lipinski definition) is 4. The molecule has 1 amide bonds. The molecular formula is C21H19N3O2. The molecule has 0 fully saturated rings. The van der Waals surface area contributed by atoms with Crippen LogP contribution in [0.2, 0.25) is 0 Å². The molecule has 4 rings (SSSR count). The van der Waals surface area contributed by atoms with Crippen LogP contribution in [0.1, 0.15) is 27.7 Å². The van der Waals surface area contributed by atoms with Crippen LogP contribution in [-0.2, 0) is 6.54 Å². The van der Waals surface area contributed by atoms with Crippen molar-refractivity contribution >= 4 is 17.3 Å². The fraction of sp³-hybridized carbons (Fsp3) is 0.0952. The zero-order chi connectivity index (χ0) is 18.3. The van der Waals surface area contributed by atoms with Crippen LogP contribution in [0.15, 0.2) is 66.7 Å². The summed E-state index contributed by atoms with van der Waals surface area (Å²) in [6, 6.07) is 20.4. The number of carbonyl (C=O) groups is 1. The molecule has 1 aliphatic rings. The molecule has 1 aliphatic heterocycles. The first kappa shape index (κ1) is 16.2. The number of nitrogens with two attached hydrogens (primary N) is 2. The minimum atomic E-state index is -1.01. The van der Waals surface area contributed by atoms with Crippen LogP contribution in [0, 0.1) is 0 Å². The Hall–Kier alpha value is -3.31. The van der Waals surface area contributed by atoms with Crippen molar-refractivity contribution in [1.29, 1.82) is 0 Å². The van der Waals surface area contributed by atoms with Crippen molar-refractivity contribution in [3.05, 3.63) is 83.4 Å². The number of fused-ring (bicyclic) bond motifs is 1. The summed E-state index contributed by atoms with van der Waals surface area (Å²) in [5.41, 5.74) is 16.4. The maximum Gasteiger partial charge on any atom is 0.256 e. The molecule has 5 N–H and O–H groups in total. The van der Waals surface area contributed by atoms with Crippen molar-refractivity contribution in [2.45, 2.75) is 12.8 Å². The molecular weight excluding hydrogens is 326 g/mol. The first-order chi connectivity index (χ1) is 12.6. The highest BCUT2D eigenvalue weighted by Gasteiger charge is 2.37. The third-order valence-electron chi connectivity index (χ3n) is 4.74. The van der Waals surface area contributed by atoms with E-state index in [0.29, 0.717) is 29.0 Å². The summed E-state index contributed by atoms with van der Waals surface area (Å²) < 4.78 is 0. The zero-order valence-corrected chi connectivity index (χ0v) is 14.1.